The van der Waals surface area contributed by atoms with Crippen LogP contribution in [0.15, 0.2) is 53.1 Å². The molecular weight excluding hydrogens is 318 g/mol. The standard InChI is InChI=1S/C18H19N5O2/c1-23(2)14-8-6-13(7-9-14)20-16(24)10-11-17-21-22-18(25-17)15-5-3-4-12-19-15/h3-9,12H,10-11H2,1-2H3,(H,20,24). The van der Waals surface area contributed by atoms with Gasteiger partial charge in [0.25, 0.3) is 5.89 Å². The lowest BCUT2D eigenvalue weighted by Gasteiger charge is -2.12. The summed E-state index contributed by atoms with van der Waals surface area (Å²) in [5, 5.41) is 10.8. The van der Waals surface area contributed by atoms with Crippen molar-refractivity contribution in [3.05, 3.63) is 54.6 Å². The number of hydrogen-bond acceptors (Lipinski definition) is 6. The van der Waals surface area contributed by atoms with Crippen molar-refractivity contribution < 1.29 is 9.21 Å². The molecule has 0 atom stereocenters. The molecule has 0 bridgehead atoms. The van der Waals surface area contributed by atoms with Gasteiger partial charge in [0, 0.05) is 44.5 Å². The third-order valence-electron chi connectivity index (χ3n) is 3.58. The first kappa shape index (κ1) is 16.6. The highest BCUT2D eigenvalue weighted by Gasteiger charge is 2.11. The van der Waals surface area contributed by atoms with Crippen LogP contribution >= 0.6 is 0 Å². The van der Waals surface area contributed by atoms with E-state index in [1.54, 1.807) is 12.3 Å². The molecule has 3 aromatic rings. The van der Waals surface area contributed by atoms with Crippen LogP contribution in [0.1, 0.15) is 12.3 Å². The summed E-state index contributed by atoms with van der Waals surface area (Å²) in [4.78, 5) is 18.2. The number of hydrogen-bond donors (Lipinski definition) is 1. The summed E-state index contributed by atoms with van der Waals surface area (Å²) < 4.78 is 5.54. The highest BCUT2D eigenvalue weighted by molar-refractivity contribution is 5.90. The van der Waals surface area contributed by atoms with Crippen molar-refractivity contribution in [2.45, 2.75) is 12.8 Å². The molecule has 0 saturated heterocycles. The number of carbonyl (C=O) groups excluding carboxylic acids is 1. The molecule has 0 radical (unpaired) electrons. The first-order valence-electron chi connectivity index (χ1n) is 7.93. The lowest BCUT2D eigenvalue weighted by Crippen LogP contribution is -2.13. The predicted octanol–water partition coefficient (Wildman–Crippen LogP) is 2.77. The van der Waals surface area contributed by atoms with Crippen LogP contribution in [-0.4, -0.2) is 35.2 Å². The largest absolute Gasteiger partial charge is 0.419 e. The maximum atomic E-state index is 12.1. The van der Waals surface area contributed by atoms with Crippen LogP contribution in [0.2, 0.25) is 0 Å². The molecule has 0 aliphatic rings. The Hall–Kier alpha value is -3.22. The molecular formula is C18H19N5O2. The summed E-state index contributed by atoms with van der Waals surface area (Å²) in [7, 11) is 3.94. The summed E-state index contributed by atoms with van der Waals surface area (Å²) in [6, 6.07) is 13.1. The van der Waals surface area contributed by atoms with Crippen molar-refractivity contribution in [3.63, 3.8) is 0 Å². The van der Waals surface area contributed by atoms with E-state index < -0.39 is 0 Å². The second-order valence-electron chi connectivity index (χ2n) is 5.71. The Morgan fingerprint density at radius 2 is 1.92 bits per heavy atom. The summed E-state index contributed by atoms with van der Waals surface area (Å²) in [5.74, 6) is 0.671. The SMILES string of the molecule is CN(C)c1ccc(NC(=O)CCc2nnc(-c3ccccn3)o2)cc1. The van der Waals surface area contributed by atoms with Crippen LogP contribution in [0, 0.1) is 0 Å². The molecule has 1 amide bonds. The summed E-state index contributed by atoms with van der Waals surface area (Å²) in [5.41, 5.74) is 2.45. The van der Waals surface area contributed by atoms with Gasteiger partial charge in [-0.25, -0.2) is 0 Å². The van der Waals surface area contributed by atoms with Gasteiger partial charge in [-0.15, -0.1) is 10.2 Å². The van der Waals surface area contributed by atoms with E-state index in [1.165, 1.54) is 0 Å². The van der Waals surface area contributed by atoms with Crippen LogP contribution in [0.4, 0.5) is 11.4 Å². The van der Waals surface area contributed by atoms with Gasteiger partial charge in [-0.2, -0.15) is 0 Å². The average Bonchev–Trinajstić information content (AvgIpc) is 3.10. The summed E-state index contributed by atoms with van der Waals surface area (Å²) in [6.07, 6.45) is 2.30. The number of aryl methyl sites for hydroxylation is 1. The van der Waals surface area contributed by atoms with Gasteiger partial charge < -0.3 is 14.6 Å². The van der Waals surface area contributed by atoms with E-state index in [-0.39, 0.29) is 12.3 Å². The van der Waals surface area contributed by atoms with Crippen LogP contribution in [0.3, 0.4) is 0 Å². The molecule has 0 aliphatic heterocycles. The Morgan fingerprint density at radius 3 is 2.60 bits per heavy atom. The van der Waals surface area contributed by atoms with Gasteiger partial charge >= 0.3 is 0 Å². The number of benzene rings is 1. The van der Waals surface area contributed by atoms with Crippen LogP contribution < -0.4 is 10.2 Å². The number of amides is 1. The van der Waals surface area contributed by atoms with Crippen molar-refractivity contribution in [2.24, 2.45) is 0 Å². The number of anilines is 2. The molecule has 2 aromatic heterocycles. The van der Waals surface area contributed by atoms with Gasteiger partial charge in [-0.05, 0) is 36.4 Å². The maximum absolute atomic E-state index is 12.1. The Bertz CT molecular complexity index is 828. The minimum absolute atomic E-state index is 0.102. The molecule has 1 N–H and O–H groups in total. The first-order chi connectivity index (χ1) is 12.1. The smallest absolute Gasteiger partial charge is 0.266 e. The predicted molar refractivity (Wildman–Crippen MR) is 95.2 cm³/mol. The lowest BCUT2D eigenvalue weighted by atomic mass is 10.2. The molecule has 2 heterocycles. The Balaban J connectivity index is 1.53. The molecule has 0 fully saturated rings. The third kappa shape index (κ3) is 4.41. The number of pyridine rings is 1. The maximum Gasteiger partial charge on any atom is 0.266 e. The van der Waals surface area contributed by atoms with Gasteiger partial charge in [0.2, 0.25) is 11.8 Å². The van der Waals surface area contributed by atoms with E-state index in [2.05, 4.69) is 20.5 Å². The quantitative estimate of drug-likeness (QED) is 0.744. The van der Waals surface area contributed by atoms with Crippen LogP contribution in [-0.2, 0) is 11.2 Å². The van der Waals surface area contributed by atoms with Crippen LogP contribution in [0.25, 0.3) is 11.6 Å². The van der Waals surface area contributed by atoms with E-state index in [9.17, 15) is 4.79 Å². The van der Waals surface area contributed by atoms with Crippen molar-refractivity contribution in [1.82, 2.24) is 15.2 Å². The minimum atomic E-state index is -0.102. The molecule has 0 spiro atoms. The van der Waals surface area contributed by atoms with Crippen molar-refractivity contribution in [2.75, 3.05) is 24.3 Å². The molecule has 0 saturated carbocycles. The first-order valence-corrected chi connectivity index (χ1v) is 7.93. The van der Waals surface area contributed by atoms with Gasteiger partial charge in [0.05, 0.1) is 0 Å². The third-order valence-corrected chi connectivity index (χ3v) is 3.58. The molecule has 25 heavy (non-hydrogen) atoms. The van der Waals surface area contributed by atoms with Gasteiger partial charge in [-0.3, -0.25) is 9.78 Å². The van der Waals surface area contributed by atoms with E-state index in [0.29, 0.717) is 23.9 Å². The Kier molecular flexibility index (Phi) is 5.03. The lowest BCUT2D eigenvalue weighted by molar-refractivity contribution is -0.116. The van der Waals surface area contributed by atoms with E-state index in [1.807, 2.05) is 55.4 Å². The summed E-state index contributed by atoms with van der Waals surface area (Å²) >= 11 is 0. The monoisotopic (exact) mass is 337 g/mol. The number of nitrogens with zero attached hydrogens (tertiary/aromatic N) is 4. The number of rotatable bonds is 6. The van der Waals surface area contributed by atoms with Crippen molar-refractivity contribution in [1.29, 1.82) is 0 Å². The molecule has 128 valence electrons. The fourth-order valence-electron chi connectivity index (χ4n) is 2.23. The summed E-state index contributed by atoms with van der Waals surface area (Å²) in [6.45, 7) is 0. The fraction of sp³-hybridized carbons (Fsp3) is 0.222. The highest BCUT2D eigenvalue weighted by atomic mass is 16.4. The number of carbonyl (C=O) groups is 1. The molecule has 0 aliphatic carbocycles. The molecule has 0 unspecified atom stereocenters. The normalized spacial score (nSPS) is 10.5. The van der Waals surface area contributed by atoms with Crippen molar-refractivity contribution >= 4 is 17.3 Å². The average molecular weight is 337 g/mol. The Labute approximate surface area is 145 Å². The zero-order chi connectivity index (χ0) is 17.6. The Morgan fingerprint density at radius 1 is 1.12 bits per heavy atom. The van der Waals surface area contributed by atoms with E-state index in [0.717, 1.165) is 11.4 Å². The van der Waals surface area contributed by atoms with Crippen molar-refractivity contribution in [3.8, 4) is 11.6 Å². The molecule has 7 heteroatoms. The molecule has 7 nitrogen and oxygen atoms in total. The molecule has 3 rings (SSSR count). The molecule has 1 aromatic carbocycles. The van der Waals surface area contributed by atoms with Gasteiger partial charge in [0.1, 0.15) is 5.69 Å². The zero-order valence-corrected chi connectivity index (χ0v) is 14.1. The zero-order valence-electron chi connectivity index (χ0n) is 14.1. The highest BCUT2D eigenvalue weighted by Crippen LogP contribution is 2.17. The number of nitrogens with one attached hydrogen (secondary N) is 1. The second kappa shape index (κ2) is 7.57. The van der Waals surface area contributed by atoms with E-state index >= 15 is 0 Å². The second-order valence-corrected chi connectivity index (χ2v) is 5.71. The van der Waals surface area contributed by atoms with Crippen LogP contribution in [0.5, 0.6) is 0 Å². The van der Waals surface area contributed by atoms with E-state index in [4.69, 9.17) is 4.42 Å². The van der Waals surface area contributed by atoms with Gasteiger partial charge in [0.15, 0.2) is 0 Å². The topological polar surface area (TPSA) is 84.2 Å². The fourth-order valence-corrected chi connectivity index (χ4v) is 2.23. The minimum Gasteiger partial charge on any atom is -0.419 e. The number of aromatic nitrogens is 3. The van der Waals surface area contributed by atoms with Gasteiger partial charge in [-0.1, -0.05) is 6.07 Å².